The summed E-state index contributed by atoms with van der Waals surface area (Å²) in [5, 5.41) is 1.46. The molecule has 1 aromatic heterocycles. The molecule has 2 aromatic rings. The molecule has 1 aliphatic carbocycles. The minimum Gasteiger partial charge on any atom is -0.357 e. The van der Waals surface area contributed by atoms with Gasteiger partial charge in [0.2, 0.25) is 0 Å². The van der Waals surface area contributed by atoms with Crippen LogP contribution in [0.3, 0.4) is 0 Å². The Morgan fingerprint density at radius 3 is 3.10 bits per heavy atom. The van der Waals surface area contributed by atoms with E-state index in [-0.39, 0.29) is 0 Å². The number of aromatic amines is 1. The van der Waals surface area contributed by atoms with Gasteiger partial charge in [0.15, 0.2) is 0 Å². The molecule has 108 valence electrons. The molecular formula is C19H22N2. The molecule has 1 N–H and O–H groups in total. The Kier molecular flexibility index (Phi) is 2.43. The fourth-order valence-electron chi connectivity index (χ4n) is 5.08. The summed E-state index contributed by atoms with van der Waals surface area (Å²) in [6.07, 6.45) is 6.28. The average Bonchev–Trinajstić information content (AvgIpc) is 3.03. The van der Waals surface area contributed by atoms with Crippen LogP contribution in [0.15, 0.2) is 35.9 Å². The van der Waals surface area contributed by atoms with Crippen LogP contribution in [-0.4, -0.2) is 23.0 Å². The molecule has 2 aliphatic heterocycles. The highest BCUT2D eigenvalue weighted by Crippen LogP contribution is 2.50. The van der Waals surface area contributed by atoms with E-state index < -0.39 is 0 Å². The van der Waals surface area contributed by atoms with Gasteiger partial charge >= 0.3 is 0 Å². The first-order valence-electron chi connectivity index (χ1n) is 8.30. The van der Waals surface area contributed by atoms with Crippen molar-refractivity contribution in [3.63, 3.8) is 0 Å². The third-order valence-corrected chi connectivity index (χ3v) is 5.99. The summed E-state index contributed by atoms with van der Waals surface area (Å²) in [7, 11) is 0. The first-order valence-corrected chi connectivity index (χ1v) is 8.30. The number of fused-ring (bicyclic) bond motifs is 7. The molecule has 21 heavy (non-hydrogen) atoms. The number of hydrogen-bond acceptors (Lipinski definition) is 1. The quantitative estimate of drug-likeness (QED) is 0.720. The van der Waals surface area contributed by atoms with Gasteiger partial charge in [-0.15, -0.1) is 0 Å². The van der Waals surface area contributed by atoms with Crippen LogP contribution in [-0.2, 0) is 6.42 Å². The highest BCUT2D eigenvalue weighted by Gasteiger charge is 2.46. The number of allylic oxidation sites excluding steroid dienone is 2. The highest BCUT2D eigenvalue weighted by atomic mass is 15.2. The molecule has 0 radical (unpaired) electrons. The van der Waals surface area contributed by atoms with E-state index in [0.29, 0.717) is 6.04 Å². The maximum Gasteiger partial charge on any atom is 0.0536 e. The number of hydrogen-bond donors (Lipinski definition) is 1. The van der Waals surface area contributed by atoms with Gasteiger partial charge in [-0.05, 0) is 49.7 Å². The van der Waals surface area contributed by atoms with E-state index in [1.165, 1.54) is 48.9 Å². The molecule has 3 atom stereocenters. The molecule has 0 unspecified atom stereocenters. The number of nitrogens with zero attached hydrogens (tertiary/aromatic N) is 1. The normalized spacial score (nSPS) is 31.7. The molecule has 0 spiro atoms. The molecule has 3 aliphatic rings. The van der Waals surface area contributed by atoms with Crippen molar-refractivity contribution in [1.29, 1.82) is 0 Å². The van der Waals surface area contributed by atoms with Crippen molar-refractivity contribution in [2.24, 2.45) is 11.8 Å². The minimum absolute atomic E-state index is 0.635. The molecular weight excluding hydrogens is 256 g/mol. The molecule has 0 saturated carbocycles. The second-order valence-corrected chi connectivity index (χ2v) is 7.17. The Morgan fingerprint density at radius 2 is 2.14 bits per heavy atom. The number of rotatable bonds is 0. The molecule has 0 amide bonds. The van der Waals surface area contributed by atoms with Gasteiger partial charge in [0.05, 0.1) is 6.04 Å². The zero-order valence-electron chi connectivity index (χ0n) is 12.6. The number of aromatic nitrogens is 1. The Hall–Kier alpha value is -1.54. The van der Waals surface area contributed by atoms with Gasteiger partial charge in [-0.2, -0.15) is 0 Å². The van der Waals surface area contributed by atoms with Gasteiger partial charge in [-0.25, -0.2) is 0 Å². The molecule has 1 aromatic carbocycles. The summed E-state index contributed by atoms with van der Waals surface area (Å²) in [5.74, 6) is 1.69. The van der Waals surface area contributed by atoms with Crippen molar-refractivity contribution in [3.05, 3.63) is 47.2 Å². The van der Waals surface area contributed by atoms with E-state index in [1.54, 1.807) is 11.1 Å². The van der Waals surface area contributed by atoms with Crippen molar-refractivity contribution in [2.45, 2.75) is 32.2 Å². The fourth-order valence-corrected chi connectivity index (χ4v) is 5.08. The van der Waals surface area contributed by atoms with Crippen molar-refractivity contribution in [1.82, 2.24) is 9.88 Å². The number of para-hydroxylation sites is 1. The first-order chi connectivity index (χ1) is 10.3. The number of nitrogens with one attached hydrogen (secondary N) is 1. The van der Waals surface area contributed by atoms with Crippen molar-refractivity contribution in [3.8, 4) is 0 Å². The summed E-state index contributed by atoms with van der Waals surface area (Å²) in [4.78, 5) is 6.52. The molecule has 1 saturated heterocycles. The molecule has 2 heteroatoms. The fraction of sp³-hybridized carbons (Fsp3) is 0.474. The summed E-state index contributed by atoms with van der Waals surface area (Å²) in [6, 6.07) is 9.47. The van der Waals surface area contributed by atoms with E-state index in [1.807, 2.05) is 0 Å². The molecule has 2 nitrogen and oxygen atoms in total. The van der Waals surface area contributed by atoms with E-state index >= 15 is 0 Å². The number of benzene rings is 1. The van der Waals surface area contributed by atoms with E-state index in [4.69, 9.17) is 0 Å². The monoisotopic (exact) mass is 278 g/mol. The SMILES string of the molecule is CC1=CC[C@@H]2[C@@H](C1)CN1CCc3c([nH]c4ccccc34)[C@@H]21. The van der Waals surface area contributed by atoms with Crippen LogP contribution in [0.25, 0.3) is 10.9 Å². The van der Waals surface area contributed by atoms with Gasteiger partial charge in [-0.1, -0.05) is 29.8 Å². The van der Waals surface area contributed by atoms with Gasteiger partial charge in [0.1, 0.15) is 0 Å². The molecule has 1 fully saturated rings. The van der Waals surface area contributed by atoms with Gasteiger partial charge in [-0.3, -0.25) is 4.90 Å². The van der Waals surface area contributed by atoms with E-state index in [2.05, 4.69) is 47.1 Å². The van der Waals surface area contributed by atoms with Crippen molar-refractivity contribution < 1.29 is 0 Å². The summed E-state index contributed by atoms with van der Waals surface area (Å²) >= 11 is 0. The van der Waals surface area contributed by atoms with Crippen LogP contribution in [0.1, 0.15) is 37.1 Å². The lowest BCUT2D eigenvalue weighted by Gasteiger charge is -2.33. The number of H-pyrrole nitrogens is 1. The topological polar surface area (TPSA) is 19.0 Å². The summed E-state index contributed by atoms with van der Waals surface area (Å²) in [6.45, 7) is 4.85. The van der Waals surface area contributed by atoms with Crippen LogP contribution in [0, 0.1) is 11.8 Å². The predicted molar refractivity (Wildman–Crippen MR) is 86.3 cm³/mol. The highest BCUT2D eigenvalue weighted by molar-refractivity contribution is 5.85. The lowest BCUT2D eigenvalue weighted by atomic mass is 9.77. The van der Waals surface area contributed by atoms with E-state index in [9.17, 15) is 0 Å². The maximum absolute atomic E-state index is 3.77. The Morgan fingerprint density at radius 1 is 1.24 bits per heavy atom. The van der Waals surface area contributed by atoms with Crippen LogP contribution in [0.5, 0.6) is 0 Å². The molecule has 0 bridgehead atoms. The van der Waals surface area contributed by atoms with Gasteiger partial charge in [0, 0.05) is 29.7 Å². The van der Waals surface area contributed by atoms with Crippen LogP contribution >= 0.6 is 0 Å². The van der Waals surface area contributed by atoms with Crippen molar-refractivity contribution >= 4 is 10.9 Å². The minimum atomic E-state index is 0.635. The predicted octanol–water partition coefficient (Wildman–Crippen LogP) is 4.05. The van der Waals surface area contributed by atoms with E-state index in [0.717, 1.165) is 11.8 Å². The first kappa shape index (κ1) is 12.0. The smallest absolute Gasteiger partial charge is 0.0536 e. The second-order valence-electron chi connectivity index (χ2n) is 7.17. The van der Waals surface area contributed by atoms with Crippen LogP contribution < -0.4 is 0 Å². The average molecular weight is 278 g/mol. The summed E-state index contributed by atoms with van der Waals surface area (Å²) < 4.78 is 0. The van der Waals surface area contributed by atoms with Gasteiger partial charge in [0.25, 0.3) is 0 Å². The Labute approximate surface area is 125 Å². The molecule has 5 rings (SSSR count). The maximum atomic E-state index is 3.77. The van der Waals surface area contributed by atoms with Crippen LogP contribution in [0.4, 0.5) is 0 Å². The third kappa shape index (κ3) is 1.63. The van der Waals surface area contributed by atoms with Gasteiger partial charge < -0.3 is 4.98 Å². The Balaban J connectivity index is 1.64. The summed E-state index contributed by atoms with van der Waals surface area (Å²) in [5.41, 5.74) is 6.06. The third-order valence-electron chi connectivity index (χ3n) is 5.99. The zero-order chi connectivity index (χ0) is 14.0. The second kappa shape index (κ2) is 4.23. The standard InChI is InChI=1S/C19H22N2/c1-12-6-7-14-13(10-12)11-21-9-8-16-15-4-2-3-5-17(15)20-18(16)19(14)21/h2-6,13-14,19-20H,7-11H2,1H3/t13-,14+,19+/m0/s1. The lowest BCUT2D eigenvalue weighted by molar-refractivity contribution is 0.211. The zero-order valence-corrected chi connectivity index (χ0v) is 12.6. The largest absolute Gasteiger partial charge is 0.357 e. The molecule has 3 heterocycles. The van der Waals surface area contributed by atoms with Crippen molar-refractivity contribution in [2.75, 3.05) is 13.1 Å². The van der Waals surface area contributed by atoms with Crippen LogP contribution in [0.2, 0.25) is 0 Å². The Bertz CT molecular complexity index is 739. The lowest BCUT2D eigenvalue weighted by Crippen LogP contribution is -2.32.